The third-order valence-corrected chi connectivity index (χ3v) is 2.65. The largest absolute Gasteiger partial charge is 0.322 e. The molecule has 0 unspecified atom stereocenters. The number of carbonyl (C=O) groups excluding carboxylic acids is 1. The van der Waals surface area contributed by atoms with Crippen molar-refractivity contribution in [3.05, 3.63) is 24.0 Å². The Morgan fingerprint density at radius 1 is 1.50 bits per heavy atom. The van der Waals surface area contributed by atoms with E-state index in [1.54, 1.807) is 6.08 Å². The van der Waals surface area contributed by atoms with E-state index in [-0.39, 0.29) is 18.5 Å². The van der Waals surface area contributed by atoms with Crippen LogP contribution in [-0.2, 0) is 4.79 Å². The Kier molecular flexibility index (Phi) is 5.09. The topological polar surface area (TPSA) is 59.0 Å². The zero-order chi connectivity index (χ0) is 13.7. The maximum Gasteiger partial charge on any atom is 0.238 e. The second-order valence-corrected chi connectivity index (χ2v) is 4.55. The molecular weight excluding hydrogens is 228 g/mol. The van der Waals surface area contributed by atoms with Crippen LogP contribution in [0.15, 0.2) is 12.7 Å². The molecule has 5 nitrogen and oxygen atoms in total. The van der Waals surface area contributed by atoms with Crippen molar-refractivity contribution in [1.82, 2.24) is 15.1 Å². The van der Waals surface area contributed by atoms with Gasteiger partial charge in [-0.15, -0.1) is 6.58 Å². The molecule has 1 heterocycles. The highest BCUT2D eigenvalue weighted by molar-refractivity contribution is 5.93. The van der Waals surface area contributed by atoms with Gasteiger partial charge in [-0.05, 0) is 27.7 Å². The molecule has 1 rings (SSSR count). The van der Waals surface area contributed by atoms with Gasteiger partial charge in [-0.3, -0.25) is 9.48 Å². The fourth-order valence-electron chi connectivity index (χ4n) is 1.82. The van der Waals surface area contributed by atoms with E-state index in [0.717, 1.165) is 17.1 Å². The minimum atomic E-state index is -0.0636. The summed E-state index contributed by atoms with van der Waals surface area (Å²) in [5.74, 6) is -0.0636. The van der Waals surface area contributed by atoms with Crippen molar-refractivity contribution in [3.8, 4) is 0 Å². The number of aromatic nitrogens is 2. The number of nitrogens with zero attached hydrogens (tertiary/aromatic N) is 2. The molecule has 0 fully saturated rings. The first kappa shape index (κ1) is 14.4. The molecule has 0 aliphatic rings. The van der Waals surface area contributed by atoms with Gasteiger partial charge < -0.3 is 10.6 Å². The third-order valence-electron chi connectivity index (χ3n) is 2.65. The molecule has 0 aliphatic carbocycles. The predicted molar refractivity (Wildman–Crippen MR) is 73.8 cm³/mol. The maximum absolute atomic E-state index is 11.7. The second kappa shape index (κ2) is 6.35. The summed E-state index contributed by atoms with van der Waals surface area (Å²) in [5.41, 5.74) is 2.65. The van der Waals surface area contributed by atoms with Crippen molar-refractivity contribution in [2.24, 2.45) is 0 Å². The Morgan fingerprint density at radius 2 is 2.17 bits per heavy atom. The van der Waals surface area contributed by atoms with E-state index in [1.165, 1.54) is 0 Å². The highest BCUT2D eigenvalue weighted by Gasteiger charge is 2.15. The molecule has 18 heavy (non-hydrogen) atoms. The molecule has 0 saturated heterocycles. The molecule has 1 aromatic heterocycles. The van der Waals surface area contributed by atoms with Gasteiger partial charge in [0.05, 0.1) is 23.6 Å². The lowest BCUT2D eigenvalue weighted by Gasteiger charge is -2.09. The van der Waals surface area contributed by atoms with Crippen LogP contribution in [0, 0.1) is 13.8 Å². The summed E-state index contributed by atoms with van der Waals surface area (Å²) < 4.78 is 1.92. The number of nitrogens with one attached hydrogen (secondary N) is 2. The summed E-state index contributed by atoms with van der Waals surface area (Å²) in [7, 11) is 0. The van der Waals surface area contributed by atoms with Gasteiger partial charge in [0, 0.05) is 12.6 Å². The summed E-state index contributed by atoms with van der Waals surface area (Å²) in [5, 5.41) is 10.3. The average molecular weight is 250 g/mol. The van der Waals surface area contributed by atoms with Crippen LogP contribution in [0.3, 0.4) is 0 Å². The van der Waals surface area contributed by atoms with Crippen LogP contribution in [-0.4, -0.2) is 28.8 Å². The number of amides is 1. The van der Waals surface area contributed by atoms with Crippen LogP contribution in [0.1, 0.15) is 31.3 Å². The fourth-order valence-corrected chi connectivity index (χ4v) is 1.82. The van der Waals surface area contributed by atoms with E-state index in [4.69, 9.17) is 0 Å². The second-order valence-electron chi connectivity index (χ2n) is 4.55. The van der Waals surface area contributed by atoms with Crippen molar-refractivity contribution in [2.45, 2.75) is 33.7 Å². The van der Waals surface area contributed by atoms with Crippen LogP contribution < -0.4 is 10.6 Å². The Labute approximate surface area is 108 Å². The highest BCUT2D eigenvalue weighted by atomic mass is 16.1. The molecule has 0 saturated carbocycles. The van der Waals surface area contributed by atoms with Crippen LogP contribution >= 0.6 is 0 Å². The Hall–Kier alpha value is -1.62. The van der Waals surface area contributed by atoms with E-state index in [0.29, 0.717) is 6.54 Å². The zero-order valence-electron chi connectivity index (χ0n) is 11.6. The quantitative estimate of drug-likeness (QED) is 0.598. The van der Waals surface area contributed by atoms with Gasteiger partial charge in [-0.25, -0.2) is 0 Å². The van der Waals surface area contributed by atoms with Gasteiger partial charge in [0.1, 0.15) is 0 Å². The van der Waals surface area contributed by atoms with Gasteiger partial charge in [-0.2, -0.15) is 5.10 Å². The first-order chi connectivity index (χ1) is 8.47. The van der Waals surface area contributed by atoms with E-state index >= 15 is 0 Å². The molecule has 0 radical (unpaired) electrons. The van der Waals surface area contributed by atoms with E-state index in [2.05, 4.69) is 36.2 Å². The van der Waals surface area contributed by atoms with Gasteiger partial charge in [0.2, 0.25) is 5.91 Å². The molecule has 0 atom stereocenters. The summed E-state index contributed by atoms with van der Waals surface area (Å²) in [6.45, 7) is 12.5. The minimum Gasteiger partial charge on any atom is -0.322 e. The first-order valence-corrected chi connectivity index (χ1v) is 6.14. The minimum absolute atomic E-state index is 0.0636. The molecule has 0 bridgehead atoms. The van der Waals surface area contributed by atoms with Crippen molar-refractivity contribution >= 4 is 11.6 Å². The molecule has 0 aliphatic heterocycles. The first-order valence-electron chi connectivity index (χ1n) is 6.14. The summed E-state index contributed by atoms with van der Waals surface area (Å²) in [6.07, 6.45) is 1.72. The van der Waals surface area contributed by atoms with E-state index < -0.39 is 0 Å². The van der Waals surface area contributed by atoms with Crippen molar-refractivity contribution in [2.75, 3.05) is 18.4 Å². The van der Waals surface area contributed by atoms with Crippen LogP contribution in [0.25, 0.3) is 0 Å². The SMILES string of the molecule is C=CCNCC(=O)Nc1c(C)nn(C(C)C)c1C. The average Bonchev–Trinajstić information content (AvgIpc) is 2.57. The van der Waals surface area contributed by atoms with Gasteiger partial charge in [0.15, 0.2) is 0 Å². The van der Waals surface area contributed by atoms with Gasteiger partial charge in [-0.1, -0.05) is 6.08 Å². The van der Waals surface area contributed by atoms with Crippen molar-refractivity contribution in [3.63, 3.8) is 0 Å². The molecule has 1 aromatic rings. The molecule has 0 aromatic carbocycles. The summed E-state index contributed by atoms with van der Waals surface area (Å²) in [6, 6.07) is 0.285. The van der Waals surface area contributed by atoms with Crippen LogP contribution in [0.2, 0.25) is 0 Å². The molecule has 2 N–H and O–H groups in total. The molecule has 100 valence electrons. The lowest BCUT2D eigenvalue weighted by Crippen LogP contribution is -2.28. The lowest BCUT2D eigenvalue weighted by atomic mass is 10.3. The molecule has 1 amide bonds. The van der Waals surface area contributed by atoms with E-state index in [9.17, 15) is 4.79 Å². The maximum atomic E-state index is 11.7. The number of carbonyl (C=O) groups is 1. The van der Waals surface area contributed by atoms with Crippen LogP contribution in [0.5, 0.6) is 0 Å². The number of hydrogen-bond acceptors (Lipinski definition) is 3. The summed E-state index contributed by atoms with van der Waals surface area (Å²) in [4.78, 5) is 11.7. The van der Waals surface area contributed by atoms with Crippen molar-refractivity contribution < 1.29 is 4.79 Å². The molecule has 0 spiro atoms. The number of aryl methyl sites for hydroxylation is 1. The van der Waals surface area contributed by atoms with Gasteiger partial charge in [0.25, 0.3) is 0 Å². The van der Waals surface area contributed by atoms with Crippen LogP contribution in [0.4, 0.5) is 5.69 Å². The predicted octanol–water partition coefficient (Wildman–Crippen LogP) is 1.79. The van der Waals surface area contributed by atoms with E-state index in [1.807, 2.05) is 18.5 Å². The third kappa shape index (κ3) is 3.43. The van der Waals surface area contributed by atoms with Crippen molar-refractivity contribution in [1.29, 1.82) is 0 Å². The molecule has 5 heteroatoms. The summed E-state index contributed by atoms with van der Waals surface area (Å²) >= 11 is 0. The lowest BCUT2D eigenvalue weighted by molar-refractivity contribution is -0.115. The number of anilines is 1. The Balaban J connectivity index is 2.72. The highest BCUT2D eigenvalue weighted by Crippen LogP contribution is 2.22. The monoisotopic (exact) mass is 250 g/mol. The normalized spacial score (nSPS) is 10.7. The fraction of sp³-hybridized carbons (Fsp3) is 0.538. The van der Waals surface area contributed by atoms with Gasteiger partial charge >= 0.3 is 0 Å². The standard InChI is InChI=1S/C13H22N4O/c1-6-7-14-8-12(18)15-13-10(4)16-17(9(2)3)11(13)5/h6,9,14H,1,7-8H2,2-5H3,(H,15,18). The molecular formula is C13H22N4O. The number of hydrogen-bond donors (Lipinski definition) is 2. The Bertz CT molecular complexity index is 434. The number of rotatable bonds is 6. The Morgan fingerprint density at radius 3 is 2.67 bits per heavy atom. The zero-order valence-corrected chi connectivity index (χ0v) is 11.6. The smallest absolute Gasteiger partial charge is 0.238 e.